The van der Waals surface area contributed by atoms with E-state index in [1.807, 2.05) is 0 Å². The number of carbonyl (C=O) groups excluding carboxylic acids is 1. The van der Waals surface area contributed by atoms with E-state index < -0.39 is 36.7 Å². The predicted molar refractivity (Wildman–Crippen MR) is 110 cm³/mol. The maximum absolute atomic E-state index is 13.9. The maximum atomic E-state index is 13.9. The number of amides is 1. The van der Waals surface area contributed by atoms with Gasteiger partial charge in [0.2, 0.25) is 15.9 Å². The quantitative estimate of drug-likeness (QED) is 0.365. The monoisotopic (exact) mass is 471 g/mol. The molecule has 0 N–H and O–H groups in total. The Balaban J connectivity index is 1.60. The van der Waals surface area contributed by atoms with E-state index in [0.717, 1.165) is 16.4 Å². The van der Waals surface area contributed by atoms with Crippen LogP contribution in [-0.2, 0) is 14.8 Å². The second-order valence-corrected chi connectivity index (χ2v) is 10.1. The zero-order valence-corrected chi connectivity index (χ0v) is 18.0. The summed E-state index contributed by atoms with van der Waals surface area (Å²) in [6.45, 7) is 1.93. The topological polar surface area (TPSA) is 101 Å². The molecule has 8 nitrogen and oxygen atoms in total. The third kappa shape index (κ3) is 5.20. The van der Waals surface area contributed by atoms with Gasteiger partial charge in [0.05, 0.1) is 10.2 Å². The number of piperazine rings is 1. The van der Waals surface area contributed by atoms with Gasteiger partial charge >= 0.3 is 0 Å². The summed E-state index contributed by atoms with van der Waals surface area (Å²) < 4.78 is 53.4. The molecule has 0 aromatic heterocycles. The number of carbonyl (C=O) groups is 1. The van der Waals surface area contributed by atoms with Crippen molar-refractivity contribution in [2.24, 2.45) is 0 Å². The Morgan fingerprint density at radius 2 is 1.71 bits per heavy atom. The van der Waals surface area contributed by atoms with Gasteiger partial charge in [-0.3, -0.25) is 14.9 Å². The highest BCUT2D eigenvalue weighted by Gasteiger charge is 2.33. The molecule has 0 spiro atoms. The molecule has 31 heavy (non-hydrogen) atoms. The molecule has 0 saturated carbocycles. The zero-order valence-electron chi connectivity index (χ0n) is 16.4. The number of sulfonamides is 1. The number of nitro groups is 1. The van der Waals surface area contributed by atoms with Crippen LogP contribution in [0.25, 0.3) is 0 Å². The Labute approximate surface area is 182 Å². The lowest BCUT2D eigenvalue weighted by molar-refractivity contribution is -0.384. The highest BCUT2D eigenvalue weighted by Crippen LogP contribution is 2.27. The van der Waals surface area contributed by atoms with Gasteiger partial charge in [0.15, 0.2) is 0 Å². The SMILES string of the molecule is CC(Sc1ccc([N+](=O)[O-])cc1)C(=O)N1CCN(S(=O)(=O)c2ccc(F)cc2F)CC1. The lowest BCUT2D eigenvalue weighted by Crippen LogP contribution is -2.52. The van der Waals surface area contributed by atoms with E-state index in [9.17, 15) is 32.1 Å². The van der Waals surface area contributed by atoms with Crippen molar-refractivity contribution in [3.8, 4) is 0 Å². The first-order chi connectivity index (χ1) is 14.6. The van der Waals surface area contributed by atoms with E-state index in [-0.39, 0.29) is 37.8 Å². The van der Waals surface area contributed by atoms with Crippen LogP contribution in [0, 0.1) is 21.7 Å². The summed E-state index contributed by atoms with van der Waals surface area (Å²) in [5, 5.41) is 10.2. The number of benzene rings is 2. The van der Waals surface area contributed by atoms with Gasteiger partial charge in [-0.15, -0.1) is 11.8 Å². The number of thioether (sulfide) groups is 1. The van der Waals surface area contributed by atoms with Crippen LogP contribution in [0.3, 0.4) is 0 Å². The van der Waals surface area contributed by atoms with Crippen LogP contribution >= 0.6 is 11.8 Å². The van der Waals surface area contributed by atoms with E-state index >= 15 is 0 Å². The van der Waals surface area contributed by atoms with Gasteiger partial charge in [0, 0.05) is 49.3 Å². The van der Waals surface area contributed by atoms with Crippen LogP contribution in [0.1, 0.15) is 6.92 Å². The molecule has 1 fully saturated rings. The number of rotatable bonds is 6. The molecular formula is C19H19F2N3O5S2. The minimum Gasteiger partial charge on any atom is -0.339 e. The summed E-state index contributed by atoms with van der Waals surface area (Å²) in [4.78, 5) is 24.6. The van der Waals surface area contributed by atoms with Crippen LogP contribution in [0.15, 0.2) is 52.3 Å². The van der Waals surface area contributed by atoms with Crippen molar-refractivity contribution in [2.45, 2.75) is 22.0 Å². The highest BCUT2D eigenvalue weighted by molar-refractivity contribution is 8.00. The average Bonchev–Trinajstić information content (AvgIpc) is 2.73. The van der Waals surface area contributed by atoms with Crippen LogP contribution in [0.4, 0.5) is 14.5 Å². The summed E-state index contributed by atoms with van der Waals surface area (Å²) in [6, 6.07) is 8.13. The fourth-order valence-electron chi connectivity index (χ4n) is 3.13. The lowest BCUT2D eigenvalue weighted by Gasteiger charge is -2.35. The van der Waals surface area contributed by atoms with Crippen molar-refractivity contribution in [2.75, 3.05) is 26.2 Å². The summed E-state index contributed by atoms with van der Waals surface area (Å²) in [6.07, 6.45) is 0. The van der Waals surface area contributed by atoms with Gasteiger partial charge in [-0.1, -0.05) is 0 Å². The Morgan fingerprint density at radius 3 is 2.26 bits per heavy atom. The first-order valence-corrected chi connectivity index (χ1v) is 11.6. The van der Waals surface area contributed by atoms with Crippen LogP contribution in [0.5, 0.6) is 0 Å². The van der Waals surface area contributed by atoms with Gasteiger partial charge in [0.1, 0.15) is 16.5 Å². The van der Waals surface area contributed by atoms with Crippen LogP contribution in [-0.4, -0.2) is 59.9 Å². The van der Waals surface area contributed by atoms with Crippen molar-refractivity contribution in [3.63, 3.8) is 0 Å². The number of halogens is 2. The number of hydrogen-bond donors (Lipinski definition) is 0. The van der Waals surface area contributed by atoms with Crippen molar-refractivity contribution in [1.82, 2.24) is 9.21 Å². The lowest BCUT2D eigenvalue weighted by atomic mass is 10.3. The fourth-order valence-corrected chi connectivity index (χ4v) is 5.55. The molecule has 2 aromatic rings. The normalized spacial score (nSPS) is 16.2. The Bertz CT molecular complexity index is 1090. The summed E-state index contributed by atoms with van der Waals surface area (Å²) in [5.41, 5.74) is -0.0433. The maximum Gasteiger partial charge on any atom is 0.269 e. The number of nitrogens with zero attached hydrogens (tertiary/aromatic N) is 3. The number of nitro benzene ring substituents is 1. The molecule has 0 bridgehead atoms. The average molecular weight is 472 g/mol. The second-order valence-electron chi connectivity index (χ2n) is 6.82. The van der Waals surface area contributed by atoms with Crippen molar-refractivity contribution in [1.29, 1.82) is 0 Å². The van der Waals surface area contributed by atoms with Crippen LogP contribution < -0.4 is 0 Å². The minimum absolute atomic E-state index is 0.0141. The predicted octanol–water partition coefficient (Wildman–Crippen LogP) is 2.89. The molecule has 1 heterocycles. The van der Waals surface area contributed by atoms with Crippen molar-refractivity contribution < 1.29 is 26.9 Å². The van der Waals surface area contributed by atoms with E-state index in [4.69, 9.17) is 0 Å². The molecule has 1 saturated heterocycles. The molecule has 12 heteroatoms. The van der Waals surface area contributed by atoms with Gasteiger partial charge in [0.25, 0.3) is 5.69 Å². The first-order valence-electron chi connectivity index (χ1n) is 9.24. The minimum atomic E-state index is -4.15. The summed E-state index contributed by atoms with van der Waals surface area (Å²) in [7, 11) is -4.15. The van der Waals surface area contributed by atoms with E-state index in [1.54, 1.807) is 19.1 Å². The van der Waals surface area contributed by atoms with Crippen molar-refractivity contribution >= 4 is 33.4 Å². The molecular weight excluding hydrogens is 452 g/mol. The third-order valence-corrected chi connectivity index (χ3v) is 7.80. The first kappa shape index (κ1) is 23.1. The van der Waals surface area contributed by atoms with Gasteiger partial charge in [-0.25, -0.2) is 17.2 Å². The summed E-state index contributed by atoms with van der Waals surface area (Å²) >= 11 is 1.24. The fraction of sp³-hybridized carbons (Fsp3) is 0.316. The Kier molecular flexibility index (Phi) is 6.92. The zero-order chi connectivity index (χ0) is 22.8. The van der Waals surface area contributed by atoms with Crippen molar-refractivity contribution in [3.05, 3.63) is 64.2 Å². The largest absolute Gasteiger partial charge is 0.339 e. The molecule has 0 aliphatic carbocycles. The molecule has 0 radical (unpaired) electrons. The summed E-state index contributed by atoms with van der Waals surface area (Å²) in [5.74, 6) is -2.23. The van der Waals surface area contributed by atoms with E-state index in [1.165, 1.54) is 28.8 Å². The molecule has 3 rings (SSSR count). The van der Waals surface area contributed by atoms with Gasteiger partial charge < -0.3 is 4.90 Å². The number of non-ortho nitro benzene ring substituents is 1. The highest BCUT2D eigenvalue weighted by atomic mass is 32.2. The molecule has 1 aliphatic heterocycles. The number of hydrogen-bond acceptors (Lipinski definition) is 6. The standard InChI is InChI=1S/C19H19F2N3O5S2/c1-13(30-16-5-3-15(4-6-16)24(26)27)19(25)22-8-10-23(11-9-22)31(28,29)18-7-2-14(20)12-17(18)21/h2-7,12-13H,8-11H2,1H3. The van der Waals surface area contributed by atoms with E-state index in [0.29, 0.717) is 11.0 Å². The molecule has 166 valence electrons. The Morgan fingerprint density at radius 1 is 1.10 bits per heavy atom. The van der Waals surface area contributed by atoms with E-state index in [2.05, 4.69) is 0 Å². The Hall–Kier alpha value is -2.57. The van der Waals surface area contributed by atoms with Gasteiger partial charge in [-0.05, 0) is 31.2 Å². The van der Waals surface area contributed by atoms with Crippen LogP contribution in [0.2, 0.25) is 0 Å². The molecule has 1 amide bonds. The third-order valence-electron chi connectivity index (χ3n) is 4.77. The molecule has 1 unspecified atom stereocenters. The van der Waals surface area contributed by atoms with Gasteiger partial charge in [-0.2, -0.15) is 4.31 Å². The smallest absolute Gasteiger partial charge is 0.269 e. The molecule has 1 atom stereocenters. The molecule has 2 aromatic carbocycles. The molecule has 1 aliphatic rings. The second kappa shape index (κ2) is 9.28.